The normalized spacial score (nSPS) is 14.2. The molecule has 2 aromatic heterocycles. The number of hydrogen-bond acceptors (Lipinski definition) is 5. The summed E-state index contributed by atoms with van der Waals surface area (Å²) in [6, 6.07) is 6.73. The molecule has 1 aliphatic heterocycles. The van der Waals surface area contributed by atoms with E-state index < -0.39 is 0 Å². The Kier molecular flexibility index (Phi) is 4.61. The molecule has 3 aromatic rings. The summed E-state index contributed by atoms with van der Waals surface area (Å²) in [6.07, 6.45) is 4.60. The smallest absolute Gasteiger partial charge is 0.164 e. The first-order chi connectivity index (χ1) is 13.0. The molecule has 0 radical (unpaired) electrons. The molecule has 0 N–H and O–H groups in total. The molecule has 3 heterocycles. The molecule has 0 unspecified atom stereocenters. The molecule has 0 aliphatic carbocycles. The summed E-state index contributed by atoms with van der Waals surface area (Å²) in [5.41, 5.74) is 4.31. The molecule has 0 fully saturated rings. The van der Waals surface area contributed by atoms with Gasteiger partial charge in [0.1, 0.15) is 11.6 Å². The summed E-state index contributed by atoms with van der Waals surface area (Å²) >= 11 is 0. The van der Waals surface area contributed by atoms with Crippen molar-refractivity contribution in [2.45, 2.75) is 19.5 Å². The number of rotatable bonds is 4. The van der Waals surface area contributed by atoms with Crippen molar-refractivity contribution in [1.82, 2.24) is 24.6 Å². The van der Waals surface area contributed by atoms with Crippen LogP contribution in [0.5, 0.6) is 0 Å². The molecule has 4 rings (SSSR count). The van der Waals surface area contributed by atoms with Gasteiger partial charge in [-0.05, 0) is 17.7 Å². The molecule has 0 spiro atoms. The van der Waals surface area contributed by atoms with Crippen molar-refractivity contribution in [2.24, 2.45) is 7.05 Å². The number of nitrogens with zero attached hydrogens (tertiary/aromatic N) is 6. The molecule has 0 saturated heterocycles. The number of halogens is 1. The van der Waals surface area contributed by atoms with Gasteiger partial charge >= 0.3 is 0 Å². The van der Waals surface area contributed by atoms with E-state index in [1.807, 2.05) is 44.4 Å². The molecular weight excluding hydrogens is 343 g/mol. The van der Waals surface area contributed by atoms with Gasteiger partial charge in [0, 0.05) is 59.0 Å². The van der Waals surface area contributed by atoms with Crippen LogP contribution in [0, 0.1) is 5.82 Å². The number of aromatic nitrogens is 4. The minimum absolute atomic E-state index is 0.200. The van der Waals surface area contributed by atoms with E-state index in [-0.39, 0.29) is 5.82 Å². The molecule has 0 atom stereocenters. The van der Waals surface area contributed by atoms with Crippen LogP contribution in [0.3, 0.4) is 0 Å². The summed E-state index contributed by atoms with van der Waals surface area (Å²) < 4.78 is 14.9. The van der Waals surface area contributed by atoms with Gasteiger partial charge in [0.05, 0.1) is 17.5 Å². The Morgan fingerprint density at radius 1 is 1.15 bits per heavy atom. The second kappa shape index (κ2) is 7.08. The van der Waals surface area contributed by atoms with E-state index >= 15 is 0 Å². The zero-order valence-electron chi connectivity index (χ0n) is 15.9. The maximum absolute atomic E-state index is 13.1. The van der Waals surface area contributed by atoms with Gasteiger partial charge in [-0.1, -0.05) is 12.1 Å². The van der Waals surface area contributed by atoms with E-state index in [0.717, 1.165) is 54.5 Å². The van der Waals surface area contributed by atoms with E-state index in [1.54, 1.807) is 10.9 Å². The van der Waals surface area contributed by atoms with Crippen molar-refractivity contribution >= 4 is 5.82 Å². The lowest BCUT2D eigenvalue weighted by Crippen LogP contribution is -2.32. The van der Waals surface area contributed by atoms with Crippen LogP contribution in [-0.4, -0.2) is 45.3 Å². The van der Waals surface area contributed by atoms with Crippen LogP contribution in [0.2, 0.25) is 0 Å². The molecule has 1 aliphatic rings. The highest BCUT2D eigenvalue weighted by Gasteiger charge is 2.24. The topological polar surface area (TPSA) is 50.1 Å². The van der Waals surface area contributed by atoms with E-state index in [2.05, 4.69) is 10.00 Å². The van der Waals surface area contributed by atoms with Gasteiger partial charge in [0.25, 0.3) is 0 Å². The Balaban J connectivity index is 1.63. The molecule has 7 heteroatoms. The molecule has 0 bridgehead atoms. The van der Waals surface area contributed by atoms with Gasteiger partial charge in [0.2, 0.25) is 0 Å². The summed E-state index contributed by atoms with van der Waals surface area (Å²) in [7, 11) is 5.91. The first-order valence-electron chi connectivity index (χ1n) is 9.02. The maximum Gasteiger partial charge on any atom is 0.164 e. The van der Waals surface area contributed by atoms with Crippen LogP contribution in [0.15, 0.2) is 36.7 Å². The van der Waals surface area contributed by atoms with Crippen molar-refractivity contribution in [2.75, 3.05) is 25.5 Å². The summed E-state index contributed by atoms with van der Waals surface area (Å²) in [5, 5.41) is 4.23. The summed E-state index contributed by atoms with van der Waals surface area (Å²) in [6.45, 7) is 2.49. The maximum atomic E-state index is 13.1. The van der Waals surface area contributed by atoms with E-state index in [4.69, 9.17) is 9.97 Å². The van der Waals surface area contributed by atoms with Crippen LogP contribution in [0.4, 0.5) is 10.2 Å². The van der Waals surface area contributed by atoms with Crippen molar-refractivity contribution in [3.8, 4) is 11.4 Å². The van der Waals surface area contributed by atoms with Gasteiger partial charge in [-0.25, -0.2) is 14.4 Å². The lowest BCUT2D eigenvalue weighted by molar-refractivity contribution is 0.243. The molecule has 140 valence electrons. The summed E-state index contributed by atoms with van der Waals surface area (Å²) in [4.78, 5) is 14.0. The fourth-order valence-corrected chi connectivity index (χ4v) is 3.47. The Morgan fingerprint density at radius 2 is 1.93 bits per heavy atom. The molecular formula is C20H23FN6. The standard InChI is InChI=1S/C20H23FN6/c1-25(2)20-17-13-27(11-14-4-6-16(21)7-5-14)9-8-18(17)23-19(24-20)15-10-22-26(3)12-15/h4-7,10,12H,8-9,11,13H2,1-3H3. The van der Waals surface area contributed by atoms with Gasteiger partial charge in [-0.3, -0.25) is 9.58 Å². The second-order valence-corrected chi connectivity index (χ2v) is 7.18. The monoisotopic (exact) mass is 366 g/mol. The van der Waals surface area contributed by atoms with Gasteiger partial charge in [0.15, 0.2) is 5.82 Å². The number of anilines is 1. The lowest BCUT2D eigenvalue weighted by atomic mass is 10.0. The predicted octanol–water partition coefficient (Wildman–Crippen LogP) is 2.64. The molecule has 1 aromatic carbocycles. The molecule has 0 saturated carbocycles. The summed E-state index contributed by atoms with van der Waals surface area (Å²) in [5.74, 6) is 1.47. The van der Waals surface area contributed by atoms with Gasteiger partial charge in [-0.2, -0.15) is 5.10 Å². The van der Waals surface area contributed by atoms with Crippen LogP contribution < -0.4 is 4.90 Å². The largest absolute Gasteiger partial charge is 0.362 e. The SMILES string of the molecule is CN(C)c1nc(-c2cnn(C)c2)nc2c1CN(Cc1ccc(F)cc1)CC2. The van der Waals surface area contributed by atoms with Crippen molar-refractivity contribution < 1.29 is 4.39 Å². The van der Waals surface area contributed by atoms with Crippen molar-refractivity contribution in [3.05, 3.63) is 59.3 Å². The highest BCUT2D eigenvalue weighted by Crippen LogP contribution is 2.29. The predicted molar refractivity (Wildman–Crippen MR) is 103 cm³/mol. The second-order valence-electron chi connectivity index (χ2n) is 7.18. The average molecular weight is 366 g/mol. The van der Waals surface area contributed by atoms with Gasteiger partial charge in [-0.15, -0.1) is 0 Å². The zero-order valence-corrected chi connectivity index (χ0v) is 15.9. The first-order valence-corrected chi connectivity index (χ1v) is 9.02. The average Bonchev–Trinajstić information content (AvgIpc) is 3.09. The Labute approximate surface area is 158 Å². The van der Waals surface area contributed by atoms with E-state index in [0.29, 0.717) is 0 Å². The Bertz CT molecular complexity index is 948. The fraction of sp³-hybridized carbons (Fsp3) is 0.350. The molecule has 0 amide bonds. The van der Waals surface area contributed by atoms with E-state index in [9.17, 15) is 4.39 Å². The fourth-order valence-electron chi connectivity index (χ4n) is 3.47. The van der Waals surface area contributed by atoms with Crippen LogP contribution in [0.1, 0.15) is 16.8 Å². The van der Waals surface area contributed by atoms with Crippen LogP contribution >= 0.6 is 0 Å². The quantitative estimate of drug-likeness (QED) is 0.711. The van der Waals surface area contributed by atoms with Crippen molar-refractivity contribution in [1.29, 1.82) is 0 Å². The first kappa shape index (κ1) is 17.6. The third-order valence-electron chi connectivity index (χ3n) is 4.82. The number of aryl methyl sites for hydroxylation is 1. The van der Waals surface area contributed by atoms with Gasteiger partial charge < -0.3 is 4.90 Å². The van der Waals surface area contributed by atoms with Crippen LogP contribution in [-0.2, 0) is 26.6 Å². The van der Waals surface area contributed by atoms with Crippen LogP contribution in [0.25, 0.3) is 11.4 Å². The minimum atomic E-state index is -0.200. The number of fused-ring (bicyclic) bond motifs is 1. The third kappa shape index (κ3) is 3.68. The molecule has 6 nitrogen and oxygen atoms in total. The Morgan fingerprint density at radius 3 is 2.59 bits per heavy atom. The third-order valence-corrected chi connectivity index (χ3v) is 4.82. The highest BCUT2D eigenvalue weighted by atomic mass is 19.1. The lowest BCUT2D eigenvalue weighted by Gasteiger charge is -2.31. The van der Waals surface area contributed by atoms with Crippen molar-refractivity contribution in [3.63, 3.8) is 0 Å². The minimum Gasteiger partial charge on any atom is -0.362 e. The van der Waals surface area contributed by atoms with E-state index in [1.165, 1.54) is 17.7 Å². The number of hydrogen-bond donors (Lipinski definition) is 0. The highest BCUT2D eigenvalue weighted by molar-refractivity contribution is 5.59. The number of benzene rings is 1. The zero-order chi connectivity index (χ0) is 19.0. The molecule has 27 heavy (non-hydrogen) atoms. The Hall–Kier alpha value is -2.80.